The molecule has 78 valence electrons. The highest BCUT2D eigenvalue weighted by Crippen LogP contribution is 2.27. The largest absolute Gasteiger partial charge is 0.475 e. The molecule has 0 radical (unpaired) electrons. The lowest BCUT2D eigenvalue weighted by Gasteiger charge is -1.95. The molecule has 0 aliphatic carbocycles. The lowest BCUT2D eigenvalue weighted by molar-refractivity contribution is 0.0664. The van der Waals surface area contributed by atoms with Crippen molar-refractivity contribution in [2.24, 2.45) is 0 Å². The monoisotopic (exact) mass is 208 g/mol. The van der Waals surface area contributed by atoms with Gasteiger partial charge in [0.2, 0.25) is 5.76 Å². The van der Waals surface area contributed by atoms with Crippen LogP contribution in [0, 0.1) is 19.7 Å². The van der Waals surface area contributed by atoms with Crippen molar-refractivity contribution in [3.63, 3.8) is 0 Å². The van der Waals surface area contributed by atoms with Gasteiger partial charge in [0.1, 0.15) is 11.4 Å². The third-order valence-corrected chi connectivity index (χ3v) is 2.41. The molecule has 3 nitrogen and oxygen atoms in total. The molecule has 0 aliphatic heterocycles. The first kappa shape index (κ1) is 9.71. The van der Waals surface area contributed by atoms with E-state index in [0.717, 1.165) is 0 Å². The number of carbonyl (C=O) groups is 1. The molecule has 0 bridgehead atoms. The Morgan fingerprint density at radius 3 is 2.67 bits per heavy atom. The maximum Gasteiger partial charge on any atom is 0.372 e. The van der Waals surface area contributed by atoms with Gasteiger partial charge in [-0.15, -0.1) is 0 Å². The van der Waals surface area contributed by atoms with E-state index in [1.165, 1.54) is 6.07 Å². The van der Waals surface area contributed by atoms with E-state index in [4.69, 9.17) is 9.52 Å². The Labute approximate surface area is 85.1 Å². The normalized spacial score (nSPS) is 10.9. The molecule has 0 aliphatic rings. The quantitative estimate of drug-likeness (QED) is 0.783. The number of furan rings is 1. The predicted octanol–water partition coefficient (Wildman–Crippen LogP) is 2.89. The maximum absolute atomic E-state index is 13.2. The SMILES string of the molecule is Cc1cc2c(C)c(C(=O)O)oc2cc1F. The number of halogens is 1. The lowest BCUT2D eigenvalue weighted by Crippen LogP contribution is -1.95. The third-order valence-electron chi connectivity index (χ3n) is 2.41. The van der Waals surface area contributed by atoms with Crippen LogP contribution in [-0.2, 0) is 0 Å². The van der Waals surface area contributed by atoms with Gasteiger partial charge in [-0.3, -0.25) is 0 Å². The van der Waals surface area contributed by atoms with Crippen LogP contribution in [0.15, 0.2) is 16.5 Å². The molecule has 0 saturated carbocycles. The fourth-order valence-corrected chi connectivity index (χ4v) is 1.55. The molecule has 2 aromatic rings. The summed E-state index contributed by atoms with van der Waals surface area (Å²) in [6.45, 7) is 3.27. The fourth-order valence-electron chi connectivity index (χ4n) is 1.55. The minimum atomic E-state index is -1.14. The maximum atomic E-state index is 13.2. The molecule has 4 heteroatoms. The Morgan fingerprint density at radius 2 is 2.07 bits per heavy atom. The molecule has 0 atom stereocenters. The van der Waals surface area contributed by atoms with Crippen LogP contribution in [0.25, 0.3) is 11.0 Å². The molecule has 1 N–H and O–H groups in total. The number of carboxylic acids is 1. The summed E-state index contributed by atoms with van der Waals surface area (Å²) in [7, 11) is 0. The van der Waals surface area contributed by atoms with Gasteiger partial charge in [-0.2, -0.15) is 0 Å². The van der Waals surface area contributed by atoms with Crippen LogP contribution in [0.2, 0.25) is 0 Å². The van der Waals surface area contributed by atoms with Crippen molar-refractivity contribution in [1.29, 1.82) is 0 Å². The van der Waals surface area contributed by atoms with Crippen LogP contribution in [-0.4, -0.2) is 11.1 Å². The zero-order valence-corrected chi connectivity index (χ0v) is 8.30. The minimum absolute atomic E-state index is 0.130. The van der Waals surface area contributed by atoms with Crippen LogP contribution in [0.4, 0.5) is 4.39 Å². The van der Waals surface area contributed by atoms with Crippen LogP contribution in [0.3, 0.4) is 0 Å². The highest BCUT2D eigenvalue weighted by atomic mass is 19.1. The minimum Gasteiger partial charge on any atom is -0.475 e. The van der Waals surface area contributed by atoms with Gasteiger partial charge in [-0.05, 0) is 25.5 Å². The first-order valence-electron chi connectivity index (χ1n) is 4.43. The molecule has 2 rings (SSSR count). The van der Waals surface area contributed by atoms with E-state index in [1.54, 1.807) is 19.9 Å². The second kappa shape index (κ2) is 3.08. The number of fused-ring (bicyclic) bond motifs is 1. The molecule has 1 heterocycles. The van der Waals surface area contributed by atoms with E-state index in [9.17, 15) is 9.18 Å². The number of aromatic carboxylic acids is 1. The van der Waals surface area contributed by atoms with Gasteiger partial charge in [-0.25, -0.2) is 9.18 Å². The molecular weight excluding hydrogens is 199 g/mol. The van der Waals surface area contributed by atoms with Crippen molar-refractivity contribution in [2.75, 3.05) is 0 Å². The molecule has 0 unspecified atom stereocenters. The number of hydrogen-bond acceptors (Lipinski definition) is 2. The number of hydrogen-bond donors (Lipinski definition) is 1. The van der Waals surface area contributed by atoms with Crippen LogP contribution in [0.5, 0.6) is 0 Å². The molecule has 0 amide bonds. The second-order valence-electron chi connectivity index (χ2n) is 3.46. The topological polar surface area (TPSA) is 50.4 Å². The van der Waals surface area contributed by atoms with E-state index in [-0.39, 0.29) is 11.3 Å². The number of benzene rings is 1. The highest BCUT2D eigenvalue weighted by molar-refractivity contribution is 5.95. The summed E-state index contributed by atoms with van der Waals surface area (Å²) in [6, 6.07) is 2.81. The second-order valence-corrected chi connectivity index (χ2v) is 3.46. The average molecular weight is 208 g/mol. The van der Waals surface area contributed by atoms with Crippen molar-refractivity contribution < 1.29 is 18.7 Å². The Balaban J connectivity index is 2.83. The van der Waals surface area contributed by atoms with Crippen molar-refractivity contribution in [1.82, 2.24) is 0 Å². The van der Waals surface area contributed by atoms with Gasteiger partial charge < -0.3 is 9.52 Å². The summed E-state index contributed by atoms with van der Waals surface area (Å²) >= 11 is 0. The van der Waals surface area contributed by atoms with E-state index in [2.05, 4.69) is 0 Å². The first-order chi connectivity index (χ1) is 7.00. The van der Waals surface area contributed by atoms with E-state index >= 15 is 0 Å². The Hall–Kier alpha value is -1.84. The molecule has 0 spiro atoms. The number of carboxylic acid groups (broad SMARTS) is 1. The molecule has 0 saturated heterocycles. The van der Waals surface area contributed by atoms with Crippen LogP contribution in [0.1, 0.15) is 21.7 Å². The van der Waals surface area contributed by atoms with Crippen molar-refractivity contribution in [2.45, 2.75) is 13.8 Å². The first-order valence-corrected chi connectivity index (χ1v) is 4.43. The van der Waals surface area contributed by atoms with Crippen molar-refractivity contribution in [3.05, 3.63) is 34.8 Å². The molecule has 1 aromatic carbocycles. The molecule has 15 heavy (non-hydrogen) atoms. The number of rotatable bonds is 1. The van der Waals surface area contributed by atoms with E-state index < -0.39 is 11.8 Å². The van der Waals surface area contributed by atoms with E-state index in [1.807, 2.05) is 0 Å². The Morgan fingerprint density at radius 1 is 1.40 bits per heavy atom. The average Bonchev–Trinajstić information content (AvgIpc) is 2.46. The Kier molecular flexibility index (Phi) is 2.00. The molecule has 1 aromatic heterocycles. The standard InChI is InChI=1S/C11H9FO3/c1-5-3-7-6(2)10(11(13)14)15-9(7)4-8(5)12/h3-4H,1-2H3,(H,13,14). The van der Waals surface area contributed by atoms with Crippen molar-refractivity contribution in [3.8, 4) is 0 Å². The van der Waals surface area contributed by atoms with Gasteiger partial charge >= 0.3 is 5.97 Å². The summed E-state index contributed by atoms with van der Waals surface area (Å²) in [6.07, 6.45) is 0. The summed E-state index contributed by atoms with van der Waals surface area (Å²) in [5.41, 5.74) is 1.27. The predicted molar refractivity (Wildman–Crippen MR) is 52.6 cm³/mol. The highest BCUT2D eigenvalue weighted by Gasteiger charge is 2.17. The summed E-state index contributed by atoms with van der Waals surface area (Å²) < 4.78 is 18.2. The summed E-state index contributed by atoms with van der Waals surface area (Å²) in [4.78, 5) is 10.8. The fraction of sp³-hybridized carbons (Fsp3) is 0.182. The number of aryl methyl sites for hydroxylation is 2. The molecule has 0 fully saturated rings. The summed E-state index contributed by atoms with van der Waals surface area (Å²) in [5, 5.41) is 9.46. The van der Waals surface area contributed by atoms with Gasteiger partial charge in [0.15, 0.2) is 0 Å². The Bertz CT molecular complexity index is 554. The lowest BCUT2D eigenvalue weighted by atomic mass is 10.1. The summed E-state index contributed by atoms with van der Waals surface area (Å²) in [5.74, 6) is -1.66. The zero-order valence-electron chi connectivity index (χ0n) is 8.30. The molecular formula is C11H9FO3. The van der Waals surface area contributed by atoms with Gasteiger partial charge in [-0.1, -0.05) is 0 Å². The van der Waals surface area contributed by atoms with Crippen LogP contribution < -0.4 is 0 Å². The van der Waals surface area contributed by atoms with Crippen LogP contribution >= 0.6 is 0 Å². The third kappa shape index (κ3) is 1.38. The van der Waals surface area contributed by atoms with Gasteiger partial charge in [0, 0.05) is 17.0 Å². The van der Waals surface area contributed by atoms with Gasteiger partial charge in [0.25, 0.3) is 0 Å². The van der Waals surface area contributed by atoms with Gasteiger partial charge in [0.05, 0.1) is 0 Å². The van der Waals surface area contributed by atoms with Crippen molar-refractivity contribution >= 4 is 16.9 Å². The zero-order chi connectivity index (χ0) is 11.2. The van der Waals surface area contributed by atoms with E-state index in [0.29, 0.717) is 16.5 Å². The smallest absolute Gasteiger partial charge is 0.372 e.